The molecule has 2 atom stereocenters. The molecule has 0 bridgehead atoms. The lowest BCUT2D eigenvalue weighted by Gasteiger charge is -2.18. The van der Waals surface area contributed by atoms with Gasteiger partial charge >= 0.3 is 11.9 Å². The molecule has 0 spiro atoms. The summed E-state index contributed by atoms with van der Waals surface area (Å²) < 4.78 is 6.07. The Morgan fingerprint density at radius 2 is 0.900 bits per heavy atom. The van der Waals surface area contributed by atoms with Gasteiger partial charge in [0.25, 0.3) is 0 Å². The van der Waals surface area contributed by atoms with Crippen LogP contribution in [0.1, 0.15) is 251 Å². The van der Waals surface area contributed by atoms with E-state index < -0.39 is 24.5 Å². The van der Waals surface area contributed by atoms with Crippen LogP contribution in [0.25, 0.3) is 0 Å². The molecule has 0 aliphatic carbocycles. The number of carbonyl (C=O) groups excluding carboxylic acids is 3. The highest BCUT2D eigenvalue weighted by molar-refractivity contribution is 5.87. The molecular weight excluding hydrogens is 753 g/mol. The van der Waals surface area contributed by atoms with E-state index in [2.05, 4.69) is 48.8 Å². The molecule has 2 unspecified atom stereocenters. The second kappa shape index (κ2) is 45.8. The van der Waals surface area contributed by atoms with Crippen molar-refractivity contribution in [2.24, 2.45) is 0 Å². The van der Waals surface area contributed by atoms with Crippen molar-refractivity contribution in [1.29, 1.82) is 0 Å². The zero-order valence-corrected chi connectivity index (χ0v) is 39.0. The van der Waals surface area contributed by atoms with Crippen LogP contribution in [0.2, 0.25) is 0 Å². The first kappa shape index (κ1) is 57.3. The molecule has 350 valence electrons. The van der Waals surface area contributed by atoms with E-state index in [-0.39, 0.29) is 24.5 Å². The van der Waals surface area contributed by atoms with Crippen molar-refractivity contribution in [2.75, 3.05) is 13.2 Å². The summed E-state index contributed by atoms with van der Waals surface area (Å²) in [6.07, 6.45) is 52.1. The lowest BCUT2D eigenvalue weighted by atomic mass is 10.0. The summed E-state index contributed by atoms with van der Waals surface area (Å²) in [5.41, 5.74) is 0. The molecular formula is C51H94N2O7. The van der Waals surface area contributed by atoms with E-state index in [0.29, 0.717) is 19.3 Å². The molecule has 0 rings (SSSR count). The van der Waals surface area contributed by atoms with Crippen molar-refractivity contribution in [1.82, 2.24) is 10.6 Å². The Labute approximate surface area is 368 Å². The van der Waals surface area contributed by atoms with Crippen LogP contribution in [0.15, 0.2) is 24.3 Å². The number of aliphatic hydroxyl groups is 1. The van der Waals surface area contributed by atoms with Crippen molar-refractivity contribution in [2.45, 2.75) is 264 Å². The van der Waals surface area contributed by atoms with Gasteiger partial charge in [-0.25, -0.2) is 4.79 Å². The molecule has 0 saturated heterocycles. The lowest BCUT2D eigenvalue weighted by molar-refractivity contribution is -0.150. The number of allylic oxidation sites excluding steroid dienone is 4. The number of aliphatic hydroxyl groups excluding tert-OH is 1. The maximum Gasteiger partial charge on any atom is 0.328 e. The molecule has 60 heavy (non-hydrogen) atoms. The highest BCUT2D eigenvalue weighted by atomic mass is 16.5. The summed E-state index contributed by atoms with van der Waals surface area (Å²) in [6.45, 7) is 3.49. The third-order valence-corrected chi connectivity index (χ3v) is 11.5. The summed E-state index contributed by atoms with van der Waals surface area (Å²) in [5.74, 6) is -2.28. The fraction of sp³-hybridized carbons (Fsp3) is 0.843. The predicted molar refractivity (Wildman–Crippen MR) is 250 cm³/mol. The number of carbonyl (C=O) groups is 4. The maximum absolute atomic E-state index is 12.9. The molecule has 0 radical (unpaired) electrons. The van der Waals surface area contributed by atoms with E-state index in [1.165, 1.54) is 154 Å². The van der Waals surface area contributed by atoms with E-state index in [1.807, 2.05) is 0 Å². The van der Waals surface area contributed by atoms with Crippen molar-refractivity contribution in [3.05, 3.63) is 24.3 Å². The largest absolute Gasteiger partial charge is 0.480 e. The van der Waals surface area contributed by atoms with Crippen molar-refractivity contribution < 1.29 is 34.1 Å². The van der Waals surface area contributed by atoms with Crippen molar-refractivity contribution in [3.8, 4) is 0 Å². The van der Waals surface area contributed by atoms with Gasteiger partial charge < -0.3 is 25.6 Å². The standard InChI is InChI=1S/C51H94N2O7/c1-3-5-7-9-11-13-15-17-18-19-20-21-22-24-26-28-30-35-39-43-50(57)60-46(40-36-32-29-27-25-23-16-14-12-10-8-6-4-2)41-37-33-31-34-38-42-48(55)52-44-49(56)53-47(45-54)51(58)59/h11,13,17-18,46-47,54H,3-10,12,14-16,19-45H2,1-2H3,(H,52,55)(H,53,56)(H,58,59)/b13-11-,18-17-. The zero-order valence-electron chi connectivity index (χ0n) is 39.0. The molecule has 0 fully saturated rings. The van der Waals surface area contributed by atoms with Gasteiger partial charge in [0.2, 0.25) is 11.8 Å². The summed E-state index contributed by atoms with van der Waals surface area (Å²) in [6, 6.07) is -1.38. The van der Waals surface area contributed by atoms with Gasteiger partial charge in [0, 0.05) is 12.8 Å². The Hall–Kier alpha value is -2.68. The zero-order chi connectivity index (χ0) is 44.0. The van der Waals surface area contributed by atoms with Crippen LogP contribution in [0, 0.1) is 0 Å². The Kier molecular flexibility index (Phi) is 43.8. The van der Waals surface area contributed by atoms with Gasteiger partial charge in [-0.2, -0.15) is 0 Å². The van der Waals surface area contributed by atoms with Crippen molar-refractivity contribution >= 4 is 23.8 Å². The summed E-state index contributed by atoms with van der Waals surface area (Å²) in [4.78, 5) is 47.8. The minimum atomic E-state index is -1.38. The molecule has 9 heteroatoms. The first-order valence-corrected chi connectivity index (χ1v) is 25.2. The lowest BCUT2D eigenvalue weighted by Crippen LogP contribution is -2.47. The number of carboxylic acid groups (broad SMARTS) is 1. The number of hydrogen-bond donors (Lipinski definition) is 4. The fourth-order valence-electron chi connectivity index (χ4n) is 7.57. The summed E-state index contributed by atoms with van der Waals surface area (Å²) in [5, 5.41) is 22.6. The van der Waals surface area contributed by atoms with Gasteiger partial charge in [-0.1, -0.05) is 192 Å². The Bertz CT molecular complexity index is 1060. The molecule has 0 aliphatic rings. The average molecular weight is 847 g/mol. The smallest absolute Gasteiger partial charge is 0.328 e. The number of amides is 2. The summed E-state index contributed by atoms with van der Waals surface area (Å²) >= 11 is 0. The number of aliphatic carboxylic acids is 1. The van der Waals surface area contributed by atoms with Crippen LogP contribution < -0.4 is 10.6 Å². The first-order chi connectivity index (χ1) is 29.3. The maximum atomic E-state index is 12.9. The van der Waals surface area contributed by atoms with Crippen LogP contribution in [-0.2, 0) is 23.9 Å². The SMILES string of the molecule is CCCCC/C=C\C/C=C\CCCCCCCCCCCC(=O)OC(CCCCCCCCCCCCCCC)CCCCCCCC(=O)NCC(=O)NC(CO)C(=O)O. The van der Waals surface area contributed by atoms with E-state index in [1.54, 1.807) is 0 Å². The highest BCUT2D eigenvalue weighted by Gasteiger charge is 2.19. The van der Waals surface area contributed by atoms with Gasteiger partial charge in [0.15, 0.2) is 0 Å². The van der Waals surface area contributed by atoms with Gasteiger partial charge in [-0.15, -0.1) is 0 Å². The van der Waals surface area contributed by atoms with E-state index >= 15 is 0 Å². The van der Waals surface area contributed by atoms with Gasteiger partial charge in [-0.05, 0) is 70.6 Å². The number of rotatable bonds is 46. The quantitative estimate of drug-likeness (QED) is 0.0271. The number of ether oxygens (including phenoxy) is 1. The first-order valence-electron chi connectivity index (χ1n) is 25.2. The third kappa shape index (κ3) is 42.0. The third-order valence-electron chi connectivity index (χ3n) is 11.5. The molecule has 4 N–H and O–H groups in total. The number of unbranched alkanes of at least 4 members (excludes halogenated alkanes) is 28. The number of hydrogen-bond acceptors (Lipinski definition) is 6. The molecule has 9 nitrogen and oxygen atoms in total. The number of carboxylic acids is 1. The van der Waals surface area contributed by atoms with Crippen molar-refractivity contribution in [3.63, 3.8) is 0 Å². The average Bonchev–Trinajstić information content (AvgIpc) is 3.23. The van der Waals surface area contributed by atoms with E-state index in [9.17, 15) is 19.2 Å². The topological polar surface area (TPSA) is 142 Å². The van der Waals surface area contributed by atoms with Crippen LogP contribution >= 0.6 is 0 Å². The molecule has 0 saturated carbocycles. The highest BCUT2D eigenvalue weighted by Crippen LogP contribution is 2.19. The minimum absolute atomic E-state index is 0.0126. The van der Waals surface area contributed by atoms with Gasteiger partial charge in [0.05, 0.1) is 13.2 Å². The summed E-state index contributed by atoms with van der Waals surface area (Å²) in [7, 11) is 0. The Balaban J connectivity index is 4.26. The molecule has 2 amide bonds. The van der Waals surface area contributed by atoms with Crippen LogP contribution in [0.4, 0.5) is 0 Å². The fourth-order valence-corrected chi connectivity index (χ4v) is 7.57. The Morgan fingerprint density at radius 3 is 1.37 bits per heavy atom. The number of nitrogens with one attached hydrogen (secondary N) is 2. The Morgan fingerprint density at radius 1 is 0.500 bits per heavy atom. The van der Waals surface area contributed by atoms with Gasteiger partial charge in [-0.3, -0.25) is 14.4 Å². The molecule has 0 aliphatic heterocycles. The van der Waals surface area contributed by atoms with Crippen LogP contribution in [0.3, 0.4) is 0 Å². The molecule has 0 aromatic carbocycles. The second-order valence-electron chi connectivity index (χ2n) is 17.3. The van der Waals surface area contributed by atoms with Crippen LogP contribution in [0.5, 0.6) is 0 Å². The monoisotopic (exact) mass is 847 g/mol. The van der Waals surface area contributed by atoms with E-state index in [4.69, 9.17) is 14.9 Å². The second-order valence-corrected chi connectivity index (χ2v) is 17.3. The van der Waals surface area contributed by atoms with Crippen LogP contribution in [-0.4, -0.2) is 59.3 Å². The molecule has 0 aromatic heterocycles. The number of esters is 1. The van der Waals surface area contributed by atoms with Gasteiger partial charge in [0.1, 0.15) is 12.1 Å². The minimum Gasteiger partial charge on any atom is -0.480 e. The van der Waals surface area contributed by atoms with E-state index in [0.717, 1.165) is 64.2 Å². The predicted octanol–water partition coefficient (Wildman–Crippen LogP) is 13.2. The molecule has 0 aromatic rings. The molecule has 0 heterocycles. The normalized spacial score (nSPS) is 12.6.